The topological polar surface area (TPSA) is 92.3 Å². The summed E-state index contributed by atoms with van der Waals surface area (Å²) in [4.78, 5) is 0.109. The van der Waals surface area contributed by atoms with Gasteiger partial charge < -0.3 is 0 Å². The summed E-state index contributed by atoms with van der Waals surface area (Å²) in [5, 5.41) is 0. The molecule has 1 aliphatic carbocycles. The first-order chi connectivity index (χ1) is 13.0. The lowest BCUT2D eigenvalue weighted by Gasteiger charge is -2.22. The summed E-state index contributed by atoms with van der Waals surface area (Å²) < 4.78 is 55.2. The predicted octanol–water partition coefficient (Wildman–Crippen LogP) is 3.66. The summed E-state index contributed by atoms with van der Waals surface area (Å²) in [6, 6.07) is 7.39. The molecule has 28 heavy (non-hydrogen) atoms. The molecule has 2 N–H and O–H groups in total. The van der Waals surface area contributed by atoms with E-state index < -0.39 is 20.0 Å². The van der Waals surface area contributed by atoms with Crippen LogP contribution in [0.3, 0.4) is 0 Å². The summed E-state index contributed by atoms with van der Waals surface area (Å²) in [6.07, 6.45) is 5.00. The van der Waals surface area contributed by atoms with Gasteiger partial charge in [0.1, 0.15) is 0 Å². The molecule has 0 amide bonds. The van der Waals surface area contributed by atoms with Crippen molar-refractivity contribution < 1.29 is 16.8 Å². The number of sulfonamides is 2. The van der Waals surface area contributed by atoms with Gasteiger partial charge in [-0.25, -0.2) is 16.8 Å². The highest BCUT2D eigenvalue weighted by Crippen LogP contribution is 2.34. The molecule has 0 heterocycles. The maximum Gasteiger partial charge on any atom is 0.262 e. The number of aryl methyl sites for hydroxylation is 3. The van der Waals surface area contributed by atoms with E-state index in [2.05, 4.69) is 9.44 Å². The summed E-state index contributed by atoms with van der Waals surface area (Å²) in [6.45, 7) is 5.10. The van der Waals surface area contributed by atoms with E-state index in [9.17, 15) is 16.8 Å². The van der Waals surface area contributed by atoms with Crippen LogP contribution in [0.2, 0.25) is 0 Å². The van der Waals surface area contributed by atoms with Crippen molar-refractivity contribution in [3.8, 4) is 0 Å². The van der Waals surface area contributed by atoms with Crippen molar-refractivity contribution in [2.75, 3.05) is 15.7 Å². The third-order valence-corrected chi connectivity index (χ3v) is 7.33. The van der Waals surface area contributed by atoms with Crippen molar-refractivity contribution in [3.63, 3.8) is 0 Å². The molecule has 0 fully saturated rings. The second-order valence-corrected chi connectivity index (χ2v) is 10.8. The molecule has 6 nitrogen and oxygen atoms in total. The van der Waals surface area contributed by atoms with Crippen LogP contribution in [0.25, 0.3) is 0 Å². The quantitative estimate of drug-likeness (QED) is 0.769. The molecule has 0 bridgehead atoms. The summed E-state index contributed by atoms with van der Waals surface area (Å²) in [5.74, 6) is 0. The zero-order valence-corrected chi connectivity index (χ0v) is 18.2. The van der Waals surface area contributed by atoms with Crippen LogP contribution < -0.4 is 9.44 Å². The Hall–Kier alpha value is -2.06. The van der Waals surface area contributed by atoms with Gasteiger partial charge in [-0.05, 0) is 80.3 Å². The Balaban J connectivity index is 2.09. The molecule has 0 saturated carbocycles. The van der Waals surface area contributed by atoms with Crippen molar-refractivity contribution in [1.82, 2.24) is 0 Å². The minimum absolute atomic E-state index is 0.109. The fraction of sp³-hybridized carbons (Fsp3) is 0.400. The third kappa shape index (κ3) is 4.17. The molecule has 0 aromatic heterocycles. The standard InChI is InChI=1S/C20H26N2O4S2/c1-13-12-14(2)20(15(3)19(13)22-27(4,23)24)28(25,26)21-18-11-7-9-16-8-5-6-10-17(16)18/h7,9,11-12,21-22H,5-6,8,10H2,1-4H3. The normalized spacial score (nSPS) is 14.4. The van der Waals surface area contributed by atoms with Crippen molar-refractivity contribution in [2.24, 2.45) is 0 Å². The second kappa shape index (κ2) is 7.40. The molecule has 0 radical (unpaired) electrons. The second-order valence-electron chi connectivity index (χ2n) is 7.47. The number of fused-ring (bicyclic) bond motifs is 1. The zero-order valence-electron chi connectivity index (χ0n) is 16.6. The van der Waals surface area contributed by atoms with Gasteiger partial charge in [-0.15, -0.1) is 0 Å². The van der Waals surface area contributed by atoms with E-state index >= 15 is 0 Å². The molecule has 152 valence electrons. The number of hydrogen-bond acceptors (Lipinski definition) is 4. The Kier molecular flexibility index (Phi) is 5.46. The van der Waals surface area contributed by atoms with Gasteiger partial charge >= 0.3 is 0 Å². The van der Waals surface area contributed by atoms with E-state index in [0.29, 0.717) is 28.1 Å². The minimum Gasteiger partial charge on any atom is -0.283 e. The summed E-state index contributed by atoms with van der Waals surface area (Å²) in [7, 11) is -7.42. The van der Waals surface area contributed by atoms with Crippen LogP contribution in [0.5, 0.6) is 0 Å². The van der Waals surface area contributed by atoms with E-state index in [-0.39, 0.29) is 4.90 Å². The van der Waals surface area contributed by atoms with Gasteiger partial charge in [-0.1, -0.05) is 18.2 Å². The molecule has 0 spiro atoms. The van der Waals surface area contributed by atoms with E-state index in [1.54, 1.807) is 32.9 Å². The molecule has 0 unspecified atom stereocenters. The van der Waals surface area contributed by atoms with E-state index in [4.69, 9.17) is 0 Å². The van der Waals surface area contributed by atoms with Crippen LogP contribution in [0.15, 0.2) is 29.2 Å². The van der Waals surface area contributed by atoms with E-state index in [1.807, 2.05) is 12.1 Å². The number of nitrogens with one attached hydrogen (secondary N) is 2. The molecule has 0 atom stereocenters. The Bertz CT molecular complexity index is 1140. The molecule has 0 aliphatic heterocycles. The predicted molar refractivity (Wildman–Crippen MR) is 113 cm³/mol. The maximum absolute atomic E-state index is 13.3. The van der Waals surface area contributed by atoms with Gasteiger partial charge in [0.2, 0.25) is 10.0 Å². The number of benzene rings is 2. The van der Waals surface area contributed by atoms with Crippen LogP contribution >= 0.6 is 0 Å². The zero-order chi connectivity index (χ0) is 20.7. The molecule has 3 rings (SSSR count). The first-order valence-electron chi connectivity index (χ1n) is 9.22. The van der Waals surface area contributed by atoms with Crippen LogP contribution in [0.4, 0.5) is 11.4 Å². The van der Waals surface area contributed by atoms with Gasteiger partial charge in [0.15, 0.2) is 0 Å². The molecule has 8 heteroatoms. The van der Waals surface area contributed by atoms with Gasteiger partial charge in [-0.3, -0.25) is 9.44 Å². The average Bonchev–Trinajstić information content (AvgIpc) is 2.57. The average molecular weight is 423 g/mol. The maximum atomic E-state index is 13.3. The van der Waals surface area contributed by atoms with Gasteiger partial charge in [0.05, 0.1) is 22.5 Å². The molecule has 0 saturated heterocycles. The van der Waals surface area contributed by atoms with Gasteiger partial charge in [-0.2, -0.15) is 0 Å². The smallest absolute Gasteiger partial charge is 0.262 e. The lowest BCUT2D eigenvalue weighted by molar-refractivity contribution is 0.598. The molecule has 2 aromatic carbocycles. The summed E-state index contributed by atoms with van der Waals surface area (Å²) in [5.41, 5.74) is 4.79. The first-order valence-corrected chi connectivity index (χ1v) is 12.6. The van der Waals surface area contributed by atoms with Crippen molar-refractivity contribution in [2.45, 2.75) is 51.3 Å². The monoisotopic (exact) mass is 422 g/mol. The molecular formula is C20H26N2O4S2. The SMILES string of the molecule is Cc1cc(C)c(S(=O)(=O)Nc2cccc3c2CCCC3)c(C)c1NS(C)(=O)=O. The number of anilines is 2. The lowest BCUT2D eigenvalue weighted by atomic mass is 9.91. The highest BCUT2D eigenvalue weighted by molar-refractivity contribution is 7.93. The van der Waals surface area contributed by atoms with E-state index in [1.165, 1.54) is 5.56 Å². The Morgan fingerprint density at radius 2 is 1.57 bits per heavy atom. The van der Waals surface area contributed by atoms with Crippen LogP contribution in [0.1, 0.15) is 40.7 Å². The minimum atomic E-state index is -3.89. The first kappa shape index (κ1) is 20.7. The van der Waals surface area contributed by atoms with Crippen molar-refractivity contribution in [1.29, 1.82) is 0 Å². The highest BCUT2D eigenvalue weighted by Gasteiger charge is 2.25. The highest BCUT2D eigenvalue weighted by atomic mass is 32.2. The fourth-order valence-corrected chi connectivity index (χ4v) is 6.25. The van der Waals surface area contributed by atoms with Crippen LogP contribution in [-0.4, -0.2) is 23.1 Å². The Labute approximate surface area is 167 Å². The largest absolute Gasteiger partial charge is 0.283 e. The third-order valence-electron chi connectivity index (χ3n) is 5.10. The van der Waals surface area contributed by atoms with Gasteiger partial charge in [0, 0.05) is 0 Å². The van der Waals surface area contributed by atoms with Crippen LogP contribution in [-0.2, 0) is 32.9 Å². The number of hydrogen-bond donors (Lipinski definition) is 2. The van der Waals surface area contributed by atoms with Crippen molar-refractivity contribution >= 4 is 31.4 Å². The lowest BCUT2D eigenvalue weighted by Crippen LogP contribution is -2.20. The summed E-state index contributed by atoms with van der Waals surface area (Å²) >= 11 is 0. The Morgan fingerprint density at radius 1 is 0.893 bits per heavy atom. The van der Waals surface area contributed by atoms with Crippen LogP contribution in [0, 0.1) is 20.8 Å². The van der Waals surface area contributed by atoms with Crippen molar-refractivity contribution in [3.05, 3.63) is 52.1 Å². The Morgan fingerprint density at radius 3 is 2.25 bits per heavy atom. The van der Waals surface area contributed by atoms with Gasteiger partial charge in [0.25, 0.3) is 10.0 Å². The van der Waals surface area contributed by atoms with E-state index in [0.717, 1.165) is 37.5 Å². The fourth-order valence-electron chi connectivity index (χ4n) is 4.00. The molecule has 2 aromatic rings. The molecule has 1 aliphatic rings. The molecular weight excluding hydrogens is 396 g/mol. The number of rotatable bonds is 5.